The molecule has 0 aliphatic rings. The number of pyridine rings is 1. The van der Waals surface area contributed by atoms with Gasteiger partial charge < -0.3 is 4.74 Å². The van der Waals surface area contributed by atoms with Crippen molar-refractivity contribution in [1.82, 2.24) is 9.88 Å². The van der Waals surface area contributed by atoms with Gasteiger partial charge in [-0.25, -0.2) is 4.79 Å². The monoisotopic (exact) mass is 304 g/mol. The Labute approximate surface area is 129 Å². The molecule has 0 saturated heterocycles. The predicted molar refractivity (Wildman–Crippen MR) is 82.2 cm³/mol. The van der Waals surface area contributed by atoms with Gasteiger partial charge in [-0.3, -0.25) is 9.88 Å². The minimum Gasteiger partial charge on any atom is -0.465 e. The molecule has 1 heterocycles. The number of rotatable bonds is 5. The first kappa shape index (κ1) is 15.5. The van der Waals surface area contributed by atoms with E-state index >= 15 is 0 Å². The van der Waals surface area contributed by atoms with Crippen LogP contribution in [0, 0.1) is 0 Å². The van der Waals surface area contributed by atoms with E-state index < -0.39 is 0 Å². The third-order valence-electron chi connectivity index (χ3n) is 3.02. The second kappa shape index (κ2) is 7.20. The molecule has 0 aliphatic heterocycles. The fourth-order valence-corrected chi connectivity index (χ4v) is 2.25. The Hall–Kier alpha value is -1.91. The van der Waals surface area contributed by atoms with Crippen molar-refractivity contribution in [3.8, 4) is 0 Å². The molecule has 2 rings (SSSR count). The summed E-state index contributed by atoms with van der Waals surface area (Å²) >= 11 is 5.97. The summed E-state index contributed by atoms with van der Waals surface area (Å²) in [6.07, 6.45) is 1.54. The Morgan fingerprint density at radius 1 is 1.29 bits per heavy atom. The van der Waals surface area contributed by atoms with Gasteiger partial charge in [-0.05, 0) is 36.9 Å². The minimum absolute atomic E-state index is 0.374. The fraction of sp³-hybridized carbons (Fsp3) is 0.250. The van der Waals surface area contributed by atoms with Crippen LogP contribution in [-0.2, 0) is 17.8 Å². The number of esters is 1. The quantitative estimate of drug-likeness (QED) is 0.796. The van der Waals surface area contributed by atoms with Crippen LogP contribution in [0.5, 0.6) is 0 Å². The van der Waals surface area contributed by atoms with Crippen LogP contribution >= 0.6 is 11.6 Å². The van der Waals surface area contributed by atoms with Crippen LogP contribution in [-0.4, -0.2) is 30.0 Å². The maximum atomic E-state index is 11.3. The number of ether oxygens (including phenoxy) is 1. The van der Waals surface area contributed by atoms with Crippen molar-refractivity contribution in [1.29, 1.82) is 0 Å². The van der Waals surface area contributed by atoms with Crippen molar-refractivity contribution in [3.05, 3.63) is 64.4 Å². The average molecular weight is 305 g/mol. The number of halogens is 1. The van der Waals surface area contributed by atoms with Gasteiger partial charge in [-0.1, -0.05) is 23.7 Å². The van der Waals surface area contributed by atoms with Crippen LogP contribution in [0.25, 0.3) is 0 Å². The fourth-order valence-electron chi connectivity index (χ4n) is 2.04. The average Bonchev–Trinajstić information content (AvgIpc) is 2.47. The molecule has 1 aromatic carbocycles. The summed E-state index contributed by atoms with van der Waals surface area (Å²) in [6.45, 7) is 1.47. The molecule has 21 heavy (non-hydrogen) atoms. The van der Waals surface area contributed by atoms with E-state index in [1.165, 1.54) is 13.3 Å². The highest BCUT2D eigenvalue weighted by Crippen LogP contribution is 2.13. The zero-order valence-electron chi connectivity index (χ0n) is 12.0. The lowest BCUT2D eigenvalue weighted by molar-refractivity contribution is 0.0600. The SMILES string of the molecule is COC(=O)c1ccc(CN(C)Cc2cccc(Cl)c2)nc1. The molecular formula is C16H17ClN2O2. The van der Waals surface area contributed by atoms with Gasteiger partial charge in [0.05, 0.1) is 18.4 Å². The van der Waals surface area contributed by atoms with Crippen LogP contribution < -0.4 is 0 Å². The molecular weight excluding hydrogens is 288 g/mol. The molecule has 0 spiro atoms. The molecule has 0 bridgehead atoms. The Balaban J connectivity index is 1.96. The number of benzene rings is 1. The van der Waals surface area contributed by atoms with E-state index in [0.717, 1.165) is 22.8 Å². The van der Waals surface area contributed by atoms with Crippen molar-refractivity contribution >= 4 is 17.6 Å². The third kappa shape index (κ3) is 4.55. The van der Waals surface area contributed by atoms with E-state index in [2.05, 4.69) is 14.6 Å². The number of hydrogen-bond acceptors (Lipinski definition) is 4. The van der Waals surface area contributed by atoms with Crippen molar-refractivity contribution in [2.24, 2.45) is 0 Å². The van der Waals surface area contributed by atoms with Crippen molar-refractivity contribution in [2.75, 3.05) is 14.2 Å². The molecule has 0 saturated carbocycles. The van der Waals surface area contributed by atoms with Crippen molar-refractivity contribution in [2.45, 2.75) is 13.1 Å². The lowest BCUT2D eigenvalue weighted by atomic mass is 10.2. The predicted octanol–water partition coefficient (Wildman–Crippen LogP) is 3.15. The van der Waals surface area contributed by atoms with Gasteiger partial charge in [0, 0.05) is 24.3 Å². The first-order valence-corrected chi connectivity index (χ1v) is 6.92. The number of nitrogens with zero attached hydrogens (tertiary/aromatic N) is 2. The summed E-state index contributed by atoms with van der Waals surface area (Å²) in [6, 6.07) is 11.3. The highest BCUT2D eigenvalue weighted by atomic mass is 35.5. The summed E-state index contributed by atoms with van der Waals surface area (Å²) in [5.74, 6) is -0.374. The van der Waals surface area contributed by atoms with Gasteiger partial charge in [0.2, 0.25) is 0 Å². The van der Waals surface area contributed by atoms with Gasteiger partial charge in [-0.15, -0.1) is 0 Å². The highest BCUT2D eigenvalue weighted by molar-refractivity contribution is 6.30. The Morgan fingerprint density at radius 3 is 2.71 bits per heavy atom. The smallest absolute Gasteiger partial charge is 0.339 e. The molecule has 1 aromatic heterocycles. The van der Waals surface area contributed by atoms with E-state index in [1.54, 1.807) is 6.07 Å². The molecule has 0 aliphatic carbocycles. The Kier molecular flexibility index (Phi) is 5.31. The molecule has 2 aromatic rings. The first-order valence-electron chi connectivity index (χ1n) is 6.54. The number of methoxy groups -OCH3 is 1. The van der Waals surface area contributed by atoms with Gasteiger partial charge in [0.15, 0.2) is 0 Å². The van der Waals surface area contributed by atoms with Crippen LogP contribution in [0.15, 0.2) is 42.6 Å². The molecule has 0 atom stereocenters. The maximum Gasteiger partial charge on any atom is 0.339 e. The van der Waals surface area contributed by atoms with Gasteiger partial charge in [0.1, 0.15) is 0 Å². The Bertz CT molecular complexity index is 614. The van der Waals surface area contributed by atoms with Crippen LogP contribution in [0.2, 0.25) is 5.02 Å². The van der Waals surface area contributed by atoms with Crippen molar-refractivity contribution < 1.29 is 9.53 Å². The second-order valence-corrected chi connectivity index (χ2v) is 5.27. The maximum absolute atomic E-state index is 11.3. The zero-order valence-corrected chi connectivity index (χ0v) is 12.8. The highest BCUT2D eigenvalue weighted by Gasteiger charge is 2.07. The molecule has 0 fully saturated rings. The largest absolute Gasteiger partial charge is 0.465 e. The normalized spacial score (nSPS) is 10.7. The van der Waals surface area contributed by atoms with E-state index in [-0.39, 0.29) is 5.97 Å². The summed E-state index contributed by atoms with van der Waals surface area (Å²) in [5, 5.41) is 0.737. The van der Waals surface area contributed by atoms with Crippen molar-refractivity contribution in [3.63, 3.8) is 0 Å². The lowest BCUT2D eigenvalue weighted by Crippen LogP contribution is -2.18. The Morgan fingerprint density at radius 2 is 2.10 bits per heavy atom. The number of aromatic nitrogens is 1. The lowest BCUT2D eigenvalue weighted by Gasteiger charge is -2.16. The summed E-state index contributed by atoms with van der Waals surface area (Å²) in [7, 11) is 3.37. The van der Waals surface area contributed by atoms with Gasteiger partial charge in [0.25, 0.3) is 0 Å². The number of hydrogen-bond donors (Lipinski definition) is 0. The second-order valence-electron chi connectivity index (χ2n) is 4.83. The van der Waals surface area contributed by atoms with Gasteiger partial charge >= 0.3 is 5.97 Å². The molecule has 0 N–H and O–H groups in total. The van der Waals surface area contributed by atoms with Crippen LogP contribution in [0.3, 0.4) is 0 Å². The number of carbonyl (C=O) groups excluding carboxylic acids is 1. The number of carbonyl (C=O) groups is 1. The molecule has 0 radical (unpaired) electrons. The summed E-state index contributed by atoms with van der Waals surface area (Å²) < 4.78 is 4.65. The van der Waals surface area contributed by atoms with E-state index in [1.807, 2.05) is 37.4 Å². The summed E-state index contributed by atoms with van der Waals surface area (Å²) in [4.78, 5) is 17.7. The molecule has 110 valence electrons. The van der Waals surface area contributed by atoms with E-state index in [4.69, 9.17) is 11.6 Å². The summed E-state index contributed by atoms with van der Waals surface area (Å²) in [5.41, 5.74) is 2.50. The molecule has 0 amide bonds. The third-order valence-corrected chi connectivity index (χ3v) is 3.25. The molecule has 4 nitrogen and oxygen atoms in total. The minimum atomic E-state index is -0.374. The van der Waals surface area contributed by atoms with Crippen LogP contribution in [0.4, 0.5) is 0 Å². The molecule has 0 unspecified atom stereocenters. The van der Waals surface area contributed by atoms with Crippen LogP contribution in [0.1, 0.15) is 21.6 Å². The zero-order chi connectivity index (χ0) is 15.2. The standard InChI is InChI=1S/C16H17ClN2O2/c1-19(10-12-4-3-5-14(17)8-12)11-15-7-6-13(9-18-15)16(20)21-2/h3-9H,10-11H2,1-2H3. The first-order chi connectivity index (χ1) is 10.1. The van der Waals surface area contributed by atoms with Gasteiger partial charge in [-0.2, -0.15) is 0 Å². The van der Waals surface area contributed by atoms with E-state index in [9.17, 15) is 4.79 Å². The molecule has 5 heteroatoms. The topological polar surface area (TPSA) is 42.4 Å². The van der Waals surface area contributed by atoms with E-state index in [0.29, 0.717) is 12.1 Å².